The maximum absolute atomic E-state index is 5.44. The van der Waals surface area contributed by atoms with Gasteiger partial charge in [0.1, 0.15) is 0 Å². The van der Waals surface area contributed by atoms with Gasteiger partial charge in [-0.2, -0.15) is 0 Å². The summed E-state index contributed by atoms with van der Waals surface area (Å²) in [5.74, 6) is 0.797. The third-order valence-electron chi connectivity index (χ3n) is 3.10. The van der Waals surface area contributed by atoms with E-state index in [4.69, 9.17) is 4.74 Å². The average Bonchev–Trinajstić information content (AvgIpc) is 2.70. The van der Waals surface area contributed by atoms with E-state index in [2.05, 4.69) is 19.9 Å². The van der Waals surface area contributed by atoms with Gasteiger partial charge in [0.15, 0.2) is 0 Å². The molecule has 2 aliphatic rings. The summed E-state index contributed by atoms with van der Waals surface area (Å²) in [6, 6.07) is 0. The molecule has 0 amide bonds. The average molecular weight is 152 g/mol. The van der Waals surface area contributed by atoms with Crippen LogP contribution in [0.3, 0.4) is 0 Å². The first kappa shape index (κ1) is 7.35. The van der Waals surface area contributed by atoms with E-state index in [-0.39, 0.29) is 5.60 Å². The zero-order valence-electron chi connectivity index (χ0n) is 7.39. The zero-order chi connectivity index (χ0) is 7.90. The number of rotatable bonds is 1. The standard InChI is InChI=1S/C10H16O/c1-8-3-5-9(6-4-8)10(2)7-11-10/h3,9H,4-7H2,1-2H3/t9?,10-/m1/s1. The molecule has 0 radical (unpaired) electrons. The second-order valence-electron chi connectivity index (χ2n) is 4.12. The molecule has 1 fully saturated rings. The van der Waals surface area contributed by atoms with Crippen molar-refractivity contribution in [3.8, 4) is 0 Å². The number of ether oxygens (including phenoxy) is 1. The van der Waals surface area contributed by atoms with Crippen molar-refractivity contribution in [1.82, 2.24) is 0 Å². The summed E-state index contributed by atoms with van der Waals surface area (Å²) in [6.45, 7) is 5.46. The van der Waals surface area contributed by atoms with Crippen LogP contribution in [-0.4, -0.2) is 12.2 Å². The smallest absolute Gasteiger partial charge is 0.0919 e. The number of hydrogen-bond donors (Lipinski definition) is 0. The Morgan fingerprint density at radius 1 is 1.64 bits per heavy atom. The van der Waals surface area contributed by atoms with Crippen LogP contribution in [0.5, 0.6) is 0 Å². The normalized spacial score (nSPS) is 43.5. The fraction of sp³-hybridized carbons (Fsp3) is 0.800. The van der Waals surface area contributed by atoms with Gasteiger partial charge in [0.2, 0.25) is 0 Å². The lowest BCUT2D eigenvalue weighted by atomic mass is 9.82. The predicted octanol–water partition coefficient (Wildman–Crippen LogP) is 2.52. The topological polar surface area (TPSA) is 12.5 Å². The lowest BCUT2D eigenvalue weighted by Gasteiger charge is -2.23. The molecule has 0 bridgehead atoms. The molecule has 1 heteroatoms. The fourth-order valence-corrected chi connectivity index (χ4v) is 1.87. The molecule has 11 heavy (non-hydrogen) atoms. The monoisotopic (exact) mass is 152 g/mol. The highest BCUT2D eigenvalue weighted by atomic mass is 16.6. The van der Waals surface area contributed by atoms with E-state index in [0.29, 0.717) is 0 Å². The molecule has 62 valence electrons. The van der Waals surface area contributed by atoms with Crippen LogP contribution in [0.1, 0.15) is 33.1 Å². The molecular formula is C10H16O. The summed E-state index contributed by atoms with van der Waals surface area (Å²) in [7, 11) is 0. The Balaban J connectivity index is 1.98. The predicted molar refractivity (Wildman–Crippen MR) is 45.5 cm³/mol. The maximum atomic E-state index is 5.44. The van der Waals surface area contributed by atoms with Crippen LogP contribution >= 0.6 is 0 Å². The minimum Gasteiger partial charge on any atom is -0.370 e. The second kappa shape index (κ2) is 2.34. The highest BCUT2D eigenvalue weighted by Gasteiger charge is 2.46. The van der Waals surface area contributed by atoms with Gasteiger partial charge in [0, 0.05) is 0 Å². The first-order valence-electron chi connectivity index (χ1n) is 4.50. The van der Waals surface area contributed by atoms with Crippen molar-refractivity contribution < 1.29 is 4.74 Å². The summed E-state index contributed by atoms with van der Waals surface area (Å²) in [4.78, 5) is 0. The van der Waals surface area contributed by atoms with E-state index in [1.165, 1.54) is 19.3 Å². The van der Waals surface area contributed by atoms with Crippen LogP contribution in [0.2, 0.25) is 0 Å². The molecule has 1 unspecified atom stereocenters. The zero-order valence-corrected chi connectivity index (χ0v) is 7.39. The van der Waals surface area contributed by atoms with Gasteiger partial charge in [-0.05, 0) is 39.0 Å². The van der Waals surface area contributed by atoms with Crippen LogP contribution in [0.4, 0.5) is 0 Å². The number of allylic oxidation sites excluding steroid dienone is 2. The van der Waals surface area contributed by atoms with Crippen molar-refractivity contribution in [2.75, 3.05) is 6.61 Å². The highest BCUT2D eigenvalue weighted by Crippen LogP contribution is 2.42. The van der Waals surface area contributed by atoms with E-state index in [1.54, 1.807) is 5.57 Å². The van der Waals surface area contributed by atoms with E-state index < -0.39 is 0 Å². The molecule has 0 spiro atoms. The fourth-order valence-electron chi connectivity index (χ4n) is 1.87. The summed E-state index contributed by atoms with van der Waals surface area (Å²) in [5, 5.41) is 0. The Bertz CT molecular complexity index is 189. The minimum absolute atomic E-state index is 0.261. The summed E-state index contributed by atoms with van der Waals surface area (Å²) >= 11 is 0. The molecule has 0 N–H and O–H groups in total. The molecule has 1 nitrogen and oxygen atoms in total. The van der Waals surface area contributed by atoms with Crippen LogP contribution < -0.4 is 0 Å². The van der Waals surface area contributed by atoms with E-state index in [1.807, 2.05) is 0 Å². The molecule has 0 saturated carbocycles. The van der Waals surface area contributed by atoms with Crippen molar-refractivity contribution in [2.45, 2.75) is 38.7 Å². The van der Waals surface area contributed by atoms with Gasteiger partial charge >= 0.3 is 0 Å². The van der Waals surface area contributed by atoms with Gasteiger partial charge in [0.25, 0.3) is 0 Å². The van der Waals surface area contributed by atoms with Gasteiger partial charge in [-0.25, -0.2) is 0 Å². The lowest BCUT2D eigenvalue weighted by Crippen LogP contribution is -2.22. The van der Waals surface area contributed by atoms with Gasteiger partial charge in [-0.15, -0.1) is 0 Å². The molecule has 0 aromatic heterocycles. The molecule has 1 saturated heterocycles. The molecule has 1 aliphatic carbocycles. The molecule has 2 rings (SSSR count). The molecule has 0 aromatic carbocycles. The van der Waals surface area contributed by atoms with Gasteiger partial charge in [-0.3, -0.25) is 0 Å². The first-order valence-corrected chi connectivity index (χ1v) is 4.50. The summed E-state index contributed by atoms with van der Waals surface area (Å²) in [6.07, 6.45) is 6.23. The number of epoxide rings is 1. The lowest BCUT2D eigenvalue weighted by molar-refractivity contribution is 0.221. The molecule has 2 atom stereocenters. The van der Waals surface area contributed by atoms with Crippen LogP contribution in [0.15, 0.2) is 11.6 Å². The third kappa shape index (κ3) is 1.34. The quantitative estimate of drug-likeness (QED) is 0.415. The van der Waals surface area contributed by atoms with Gasteiger partial charge in [0.05, 0.1) is 12.2 Å². The summed E-state index contributed by atoms with van der Waals surface area (Å²) < 4.78 is 5.44. The Morgan fingerprint density at radius 3 is 2.82 bits per heavy atom. The van der Waals surface area contributed by atoms with E-state index in [0.717, 1.165) is 12.5 Å². The highest BCUT2D eigenvalue weighted by molar-refractivity contribution is 5.08. The third-order valence-corrected chi connectivity index (χ3v) is 3.10. The maximum Gasteiger partial charge on any atom is 0.0919 e. The van der Waals surface area contributed by atoms with Crippen molar-refractivity contribution in [3.63, 3.8) is 0 Å². The second-order valence-corrected chi connectivity index (χ2v) is 4.12. The van der Waals surface area contributed by atoms with E-state index >= 15 is 0 Å². The van der Waals surface area contributed by atoms with Gasteiger partial charge in [-0.1, -0.05) is 11.6 Å². The van der Waals surface area contributed by atoms with Crippen LogP contribution in [0, 0.1) is 5.92 Å². The van der Waals surface area contributed by atoms with Gasteiger partial charge < -0.3 is 4.74 Å². The molecular weight excluding hydrogens is 136 g/mol. The first-order chi connectivity index (χ1) is 5.21. The molecule has 1 aliphatic heterocycles. The SMILES string of the molecule is CC1=CCC([C@@]2(C)CO2)CC1. The van der Waals surface area contributed by atoms with Crippen molar-refractivity contribution in [1.29, 1.82) is 0 Å². The number of hydrogen-bond acceptors (Lipinski definition) is 1. The van der Waals surface area contributed by atoms with Crippen molar-refractivity contribution in [3.05, 3.63) is 11.6 Å². The van der Waals surface area contributed by atoms with Crippen molar-refractivity contribution >= 4 is 0 Å². The van der Waals surface area contributed by atoms with Crippen LogP contribution in [0.25, 0.3) is 0 Å². The minimum atomic E-state index is 0.261. The Kier molecular flexibility index (Phi) is 1.57. The Morgan fingerprint density at radius 2 is 2.36 bits per heavy atom. The van der Waals surface area contributed by atoms with E-state index in [9.17, 15) is 0 Å². The van der Waals surface area contributed by atoms with Crippen molar-refractivity contribution in [2.24, 2.45) is 5.92 Å². The Hall–Kier alpha value is -0.300. The summed E-state index contributed by atoms with van der Waals surface area (Å²) in [5.41, 5.74) is 1.82. The molecule has 1 heterocycles. The largest absolute Gasteiger partial charge is 0.370 e. The molecule has 0 aromatic rings. The van der Waals surface area contributed by atoms with Crippen LogP contribution in [-0.2, 0) is 4.74 Å². The Labute approximate surface area is 68.4 Å².